The monoisotopic (exact) mass is 282 g/mol. The number of hydrogen-bond donors (Lipinski definition) is 1. The first kappa shape index (κ1) is 14.0. The number of benzene rings is 1. The van der Waals surface area contributed by atoms with Crippen LogP contribution >= 0.6 is 11.8 Å². The maximum Gasteiger partial charge on any atom is 0.296 e. The van der Waals surface area contributed by atoms with Gasteiger partial charge < -0.3 is 10.1 Å². The van der Waals surface area contributed by atoms with Gasteiger partial charge in [-0.25, -0.2) is 0 Å². The van der Waals surface area contributed by atoms with Crippen molar-refractivity contribution < 1.29 is 9.66 Å². The number of hydrogen-bond acceptors (Lipinski definition) is 5. The summed E-state index contributed by atoms with van der Waals surface area (Å²) in [5.74, 6) is 1.67. The van der Waals surface area contributed by atoms with Gasteiger partial charge in [-0.1, -0.05) is 6.92 Å². The zero-order valence-electron chi connectivity index (χ0n) is 11.1. The molecule has 1 aromatic rings. The Morgan fingerprint density at radius 2 is 2.32 bits per heavy atom. The number of nitrogens with one attached hydrogen (secondary N) is 1. The predicted molar refractivity (Wildman–Crippen MR) is 78.2 cm³/mol. The van der Waals surface area contributed by atoms with Crippen molar-refractivity contribution in [1.82, 2.24) is 0 Å². The van der Waals surface area contributed by atoms with Crippen LogP contribution in [0.5, 0.6) is 5.75 Å². The highest BCUT2D eigenvalue weighted by molar-refractivity contribution is 8.00. The van der Waals surface area contributed by atoms with Crippen LogP contribution in [-0.4, -0.2) is 29.1 Å². The van der Waals surface area contributed by atoms with Crippen LogP contribution in [0.15, 0.2) is 18.2 Å². The van der Waals surface area contributed by atoms with Crippen molar-refractivity contribution in [1.29, 1.82) is 0 Å². The van der Waals surface area contributed by atoms with Crippen molar-refractivity contribution in [3.63, 3.8) is 0 Å². The largest absolute Gasteiger partial charge is 0.496 e. The highest BCUT2D eigenvalue weighted by Gasteiger charge is 2.24. The molecule has 0 bridgehead atoms. The average Bonchev–Trinajstić information content (AvgIpc) is 2.41. The fraction of sp³-hybridized carbons (Fsp3) is 0.538. The summed E-state index contributed by atoms with van der Waals surface area (Å²) in [4.78, 5) is 10.7. The molecule has 1 fully saturated rings. The van der Waals surface area contributed by atoms with Gasteiger partial charge in [0.15, 0.2) is 0 Å². The van der Waals surface area contributed by atoms with Gasteiger partial charge in [-0.05, 0) is 30.7 Å². The van der Waals surface area contributed by atoms with Gasteiger partial charge in [0.2, 0.25) is 0 Å². The summed E-state index contributed by atoms with van der Waals surface area (Å²) >= 11 is 1.91. The molecule has 1 saturated heterocycles. The topological polar surface area (TPSA) is 64.4 Å². The van der Waals surface area contributed by atoms with E-state index in [1.807, 2.05) is 11.8 Å². The zero-order chi connectivity index (χ0) is 13.8. The lowest BCUT2D eigenvalue weighted by molar-refractivity contribution is -0.384. The first-order valence-electron chi connectivity index (χ1n) is 6.32. The van der Waals surface area contributed by atoms with Crippen LogP contribution in [-0.2, 0) is 0 Å². The zero-order valence-corrected chi connectivity index (χ0v) is 11.9. The number of anilines is 1. The maximum absolute atomic E-state index is 11.1. The normalized spacial score (nSPS) is 22.8. The number of nitrogens with zero attached hydrogens (tertiary/aromatic N) is 1. The molecule has 1 N–H and O–H groups in total. The van der Waals surface area contributed by atoms with E-state index in [1.165, 1.54) is 18.9 Å². The third-order valence-electron chi connectivity index (χ3n) is 3.35. The Labute approximate surface area is 116 Å². The van der Waals surface area contributed by atoms with E-state index in [-0.39, 0.29) is 16.7 Å². The lowest BCUT2D eigenvalue weighted by Crippen LogP contribution is -2.32. The van der Waals surface area contributed by atoms with Crippen molar-refractivity contribution in [3.05, 3.63) is 28.3 Å². The minimum atomic E-state index is -0.370. The molecule has 0 radical (unpaired) electrons. The summed E-state index contributed by atoms with van der Waals surface area (Å²) in [5, 5.41) is 14.9. The lowest BCUT2D eigenvalue weighted by atomic mass is 10.1. The van der Waals surface area contributed by atoms with Gasteiger partial charge >= 0.3 is 0 Å². The first-order chi connectivity index (χ1) is 9.11. The highest BCUT2D eigenvalue weighted by Crippen LogP contribution is 2.33. The fourth-order valence-corrected chi connectivity index (χ4v) is 3.37. The molecule has 19 heavy (non-hydrogen) atoms. The molecule has 0 aliphatic carbocycles. The third kappa shape index (κ3) is 3.32. The molecule has 1 heterocycles. The number of rotatable bonds is 4. The third-order valence-corrected chi connectivity index (χ3v) is 4.73. The van der Waals surface area contributed by atoms with E-state index in [4.69, 9.17) is 4.74 Å². The summed E-state index contributed by atoms with van der Waals surface area (Å²) in [6.07, 6.45) is 2.20. The molecule has 104 valence electrons. The second kappa shape index (κ2) is 6.14. The highest BCUT2D eigenvalue weighted by atomic mass is 32.2. The van der Waals surface area contributed by atoms with Crippen LogP contribution in [0.2, 0.25) is 0 Å². The SMILES string of the molecule is COc1ccc(NC2CCCSC2C)c([N+](=O)[O-])c1. The van der Waals surface area contributed by atoms with Gasteiger partial charge in [0, 0.05) is 11.3 Å². The number of ether oxygens (including phenoxy) is 1. The Balaban J connectivity index is 2.21. The number of nitro benzene ring substituents is 1. The minimum Gasteiger partial charge on any atom is -0.496 e. The molecule has 5 nitrogen and oxygen atoms in total. The maximum atomic E-state index is 11.1. The number of thioether (sulfide) groups is 1. The van der Waals surface area contributed by atoms with Gasteiger partial charge in [-0.2, -0.15) is 11.8 Å². The molecule has 2 unspecified atom stereocenters. The minimum absolute atomic E-state index is 0.0714. The van der Waals surface area contributed by atoms with Gasteiger partial charge in [0.25, 0.3) is 5.69 Å². The summed E-state index contributed by atoms with van der Waals surface area (Å²) in [5.41, 5.74) is 0.646. The molecule has 2 atom stereocenters. The van der Waals surface area contributed by atoms with Crippen molar-refractivity contribution in [2.45, 2.75) is 31.1 Å². The fourth-order valence-electron chi connectivity index (χ4n) is 2.22. The summed E-state index contributed by atoms with van der Waals surface area (Å²) < 4.78 is 5.03. The number of methoxy groups -OCH3 is 1. The molecular formula is C13H18N2O3S. The quantitative estimate of drug-likeness (QED) is 0.678. The van der Waals surface area contributed by atoms with Crippen LogP contribution < -0.4 is 10.1 Å². The summed E-state index contributed by atoms with van der Waals surface area (Å²) in [6.45, 7) is 2.16. The smallest absolute Gasteiger partial charge is 0.296 e. The van der Waals surface area contributed by atoms with Crippen molar-refractivity contribution in [3.8, 4) is 5.75 Å². The van der Waals surface area contributed by atoms with Crippen LogP contribution in [0.4, 0.5) is 11.4 Å². The summed E-state index contributed by atoms with van der Waals surface area (Å²) in [7, 11) is 1.51. The van der Waals surface area contributed by atoms with E-state index >= 15 is 0 Å². The van der Waals surface area contributed by atoms with Gasteiger partial charge in [-0.3, -0.25) is 10.1 Å². The van der Waals surface area contributed by atoms with Crippen LogP contribution in [0, 0.1) is 10.1 Å². The molecule has 0 aromatic heterocycles. The first-order valence-corrected chi connectivity index (χ1v) is 7.37. The van der Waals surface area contributed by atoms with Gasteiger partial charge in [-0.15, -0.1) is 0 Å². The number of nitro groups is 1. The average molecular weight is 282 g/mol. The second-order valence-corrected chi connectivity index (χ2v) is 6.09. The molecule has 2 rings (SSSR count). The molecule has 6 heteroatoms. The Bertz CT molecular complexity index is 467. The van der Waals surface area contributed by atoms with E-state index in [1.54, 1.807) is 12.1 Å². The predicted octanol–water partition coefficient (Wildman–Crippen LogP) is 3.30. The van der Waals surface area contributed by atoms with E-state index in [2.05, 4.69) is 12.2 Å². The lowest BCUT2D eigenvalue weighted by Gasteiger charge is -2.29. The van der Waals surface area contributed by atoms with Crippen molar-refractivity contribution in [2.24, 2.45) is 0 Å². The summed E-state index contributed by atoms with van der Waals surface area (Å²) in [6, 6.07) is 5.22. The van der Waals surface area contributed by atoms with E-state index < -0.39 is 0 Å². The van der Waals surface area contributed by atoms with Crippen molar-refractivity contribution >= 4 is 23.1 Å². The Morgan fingerprint density at radius 1 is 1.53 bits per heavy atom. The molecular weight excluding hydrogens is 264 g/mol. The second-order valence-electron chi connectivity index (χ2n) is 4.61. The van der Waals surface area contributed by atoms with E-state index in [9.17, 15) is 10.1 Å². The van der Waals surface area contributed by atoms with E-state index in [0.717, 1.165) is 12.8 Å². The molecule has 0 spiro atoms. The Kier molecular flexibility index (Phi) is 4.52. The van der Waals surface area contributed by atoms with Gasteiger partial charge in [0.1, 0.15) is 11.4 Å². The Hall–Kier alpha value is -1.43. The molecule has 1 aromatic carbocycles. The molecule has 1 aliphatic rings. The van der Waals surface area contributed by atoms with E-state index in [0.29, 0.717) is 16.7 Å². The molecule has 0 saturated carbocycles. The standard InChI is InChI=1S/C13H18N2O3S/c1-9-11(4-3-7-19-9)14-12-6-5-10(18-2)8-13(12)15(16)17/h5-6,8-9,11,14H,3-4,7H2,1-2H3. The van der Waals surface area contributed by atoms with Crippen molar-refractivity contribution in [2.75, 3.05) is 18.2 Å². The van der Waals surface area contributed by atoms with Gasteiger partial charge in [0.05, 0.1) is 18.1 Å². The van der Waals surface area contributed by atoms with Crippen LogP contribution in [0.1, 0.15) is 19.8 Å². The van der Waals surface area contributed by atoms with Crippen LogP contribution in [0.25, 0.3) is 0 Å². The Morgan fingerprint density at radius 3 is 2.95 bits per heavy atom. The molecule has 1 aliphatic heterocycles. The molecule has 0 amide bonds. The van der Waals surface area contributed by atoms with Crippen LogP contribution in [0.3, 0.4) is 0 Å².